The zero-order valence-corrected chi connectivity index (χ0v) is 11.7. The summed E-state index contributed by atoms with van der Waals surface area (Å²) >= 11 is 0. The minimum absolute atomic E-state index is 0.546. The summed E-state index contributed by atoms with van der Waals surface area (Å²) in [7, 11) is 1.70. The van der Waals surface area contributed by atoms with Crippen molar-refractivity contribution in [2.75, 3.05) is 25.6 Å². The van der Waals surface area contributed by atoms with Crippen LogP contribution >= 0.6 is 0 Å². The van der Waals surface area contributed by atoms with Crippen molar-refractivity contribution in [2.24, 2.45) is 0 Å². The number of methoxy groups -OCH3 is 1. The summed E-state index contributed by atoms with van der Waals surface area (Å²) in [6.07, 6.45) is 4.31. The standard InChI is InChI=1S/C13H19N5O2/c1-3-20-13-9-12(14-10-15-13)16-11-5-7-18(17-11)6-4-8-19-2/h5,7,9-10H,3-4,6,8H2,1-2H3,(H,14,15,16,17). The molecule has 0 fully saturated rings. The van der Waals surface area contributed by atoms with Gasteiger partial charge in [-0.15, -0.1) is 0 Å². The van der Waals surface area contributed by atoms with Gasteiger partial charge in [0.15, 0.2) is 5.82 Å². The Labute approximate surface area is 118 Å². The zero-order chi connectivity index (χ0) is 14.2. The third-order valence-corrected chi connectivity index (χ3v) is 2.57. The van der Waals surface area contributed by atoms with Crippen molar-refractivity contribution < 1.29 is 9.47 Å². The number of hydrogen-bond acceptors (Lipinski definition) is 6. The molecule has 2 aromatic rings. The molecule has 0 saturated heterocycles. The second kappa shape index (κ2) is 7.44. The first kappa shape index (κ1) is 14.3. The minimum Gasteiger partial charge on any atom is -0.478 e. The summed E-state index contributed by atoms with van der Waals surface area (Å²) in [5, 5.41) is 7.52. The molecule has 1 N–H and O–H groups in total. The van der Waals surface area contributed by atoms with Crippen LogP contribution in [0.1, 0.15) is 13.3 Å². The summed E-state index contributed by atoms with van der Waals surface area (Å²) in [4.78, 5) is 8.14. The largest absolute Gasteiger partial charge is 0.478 e. The summed E-state index contributed by atoms with van der Waals surface area (Å²) in [5.41, 5.74) is 0. The monoisotopic (exact) mass is 277 g/mol. The first-order valence-electron chi connectivity index (χ1n) is 6.56. The van der Waals surface area contributed by atoms with E-state index in [1.165, 1.54) is 6.33 Å². The molecule has 2 rings (SSSR count). The summed E-state index contributed by atoms with van der Waals surface area (Å²) < 4.78 is 12.2. The van der Waals surface area contributed by atoms with Gasteiger partial charge in [-0.3, -0.25) is 4.68 Å². The summed E-state index contributed by atoms with van der Waals surface area (Å²) in [6, 6.07) is 3.64. The van der Waals surface area contributed by atoms with Crippen molar-refractivity contribution in [3.63, 3.8) is 0 Å². The van der Waals surface area contributed by atoms with E-state index in [0.717, 1.165) is 25.4 Å². The lowest BCUT2D eigenvalue weighted by molar-refractivity contribution is 0.189. The second-order valence-corrected chi connectivity index (χ2v) is 4.11. The van der Waals surface area contributed by atoms with Crippen LogP contribution in [0, 0.1) is 0 Å². The third-order valence-electron chi connectivity index (χ3n) is 2.57. The number of aromatic nitrogens is 4. The maximum Gasteiger partial charge on any atom is 0.218 e. The number of hydrogen-bond donors (Lipinski definition) is 1. The maximum absolute atomic E-state index is 5.32. The van der Waals surface area contributed by atoms with Crippen LogP contribution in [0.5, 0.6) is 5.88 Å². The van der Waals surface area contributed by atoms with Gasteiger partial charge in [-0.05, 0) is 13.3 Å². The average Bonchev–Trinajstić information content (AvgIpc) is 2.87. The highest BCUT2D eigenvalue weighted by Gasteiger charge is 2.03. The van der Waals surface area contributed by atoms with E-state index in [4.69, 9.17) is 9.47 Å². The molecule has 0 aliphatic heterocycles. The van der Waals surface area contributed by atoms with E-state index in [9.17, 15) is 0 Å². The van der Waals surface area contributed by atoms with E-state index in [1.54, 1.807) is 13.2 Å². The van der Waals surface area contributed by atoms with Crippen molar-refractivity contribution in [1.29, 1.82) is 0 Å². The van der Waals surface area contributed by atoms with Crippen LogP contribution in [0.15, 0.2) is 24.7 Å². The van der Waals surface area contributed by atoms with E-state index in [1.807, 2.05) is 23.9 Å². The summed E-state index contributed by atoms with van der Waals surface area (Å²) in [6.45, 7) is 4.04. The van der Waals surface area contributed by atoms with Crippen molar-refractivity contribution in [2.45, 2.75) is 19.9 Å². The Hall–Kier alpha value is -2.15. The molecule has 0 aromatic carbocycles. The van der Waals surface area contributed by atoms with Gasteiger partial charge < -0.3 is 14.8 Å². The average molecular weight is 277 g/mol. The molecule has 0 radical (unpaired) electrons. The van der Waals surface area contributed by atoms with Crippen LogP contribution < -0.4 is 10.1 Å². The Bertz CT molecular complexity index is 529. The third kappa shape index (κ3) is 4.20. The Balaban J connectivity index is 1.94. The van der Waals surface area contributed by atoms with Gasteiger partial charge in [-0.1, -0.05) is 0 Å². The normalized spacial score (nSPS) is 10.5. The van der Waals surface area contributed by atoms with E-state index >= 15 is 0 Å². The second-order valence-electron chi connectivity index (χ2n) is 4.11. The SMILES string of the molecule is CCOc1cc(Nc2ccn(CCCOC)n2)ncn1. The first-order chi connectivity index (χ1) is 9.81. The lowest BCUT2D eigenvalue weighted by Gasteiger charge is -2.05. The Kier molecular flexibility index (Phi) is 5.31. The van der Waals surface area contributed by atoms with E-state index in [2.05, 4.69) is 20.4 Å². The van der Waals surface area contributed by atoms with Crippen LogP contribution in [0.3, 0.4) is 0 Å². The molecular weight excluding hydrogens is 258 g/mol. The molecule has 20 heavy (non-hydrogen) atoms. The lowest BCUT2D eigenvalue weighted by Crippen LogP contribution is -2.03. The van der Waals surface area contributed by atoms with Crippen molar-refractivity contribution in [3.05, 3.63) is 24.7 Å². The fraction of sp³-hybridized carbons (Fsp3) is 0.462. The molecule has 0 spiro atoms. The number of aryl methyl sites for hydroxylation is 1. The topological polar surface area (TPSA) is 74.1 Å². The maximum atomic E-state index is 5.32. The van der Waals surface area contributed by atoms with E-state index in [-0.39, 0.29) is 0 Å². The summed E-state index contributed by atoms with van der Waals surface area (Å²) in [5.74, 6) is 1.94. The smallest absolute Gasteiger partial charge is 0.218 e. The fourth-order valence-corrected chi connectivity index (χ4v) is 1.69. The van der Waals surface area contributed by atoms with E-state index < -0.39 is 0 Å². The molecule has 2 aromatic heterocycles. The molecule has 108 valence electrons. The van der Waals surface area contributed by atoms with Gasteiger partial charge in [0.25, 0.3) is 0 Å². The highest BCUT2D eigenvalue weighted by Crippen LogP contribution is 2.15. The predicted molar refractivity (Wildman–Crippen MR) is 75.2 cm³/mol. The molecule has 2 heterocycles. The highest BCUT2D eigenvalue weighted by molar-refractivity contribution is 5.51. The molecule has 7 nitrogen and oxygen atoms in total. The number of ether oxygens (including phenoxy) is 2. The molecule has 0 aliphatic carbocycles. The van der Waals surface area contributed by atoms with Crippen molar-refractivity contribution >= 4 is 11.6 Å². The molecule has 0 saturated carbocycles. The molecule has 0 bridgehead atoms. The predicted octanol–water partition coefficient (Wildman–Crippen LogP) is 1.85. The molecule has 0 unspecified atom stereocenters. The quantitative estimate of drug-likeness (QED) is 0.742. The molecule has 0 atom stereocenters. The van der Waals surface area contributed by atoms with Gasteiger partial charge >= 0.3 is 0 Å². The van der Waals surface area contributed by atoms with Crippen LogP contribution in [0.2, 0.25) is 0 Å². The Morgan fingerprint density at radius 2 is 2.20 bits per heavy atom. The molecule has 0 aliphatic rings. The van der Waals surface area contributed by atoms with Gasteiger partial charge in [0.2, 0.25) is 5.88 Å². The molecular formula is C13H19N5O2. The lowest BCUT2D eigenvalue weighted by atomic mass is 10.4. The van der Waals surface area contributed by atoms with Crippen LogP contribution in [0.25, 0.3) is 0 Å². The van der Waals surface area contributed by atoms with Crippen LogP contribution in [-0.4, -0.2) is 40.1 Å². The zero-order valence-electron chi connectivity index (χ0n) is 11.7. The highest BCUT2D eigenvalue weighted by atomic mass is 16.5. The van der Waals surface area contributed by atoms with Gasteiger partial charge in [-0.2, -0.15) is 5.10 Å². The van der Waals surface area contributed by atoms with Crippen molar-refractivity contribution in [1.82, 2.24) is 19.7 Å². The van der Waals surface area contributed by atoms with Crippen molar-refractivity contribution in [3.8, 4) is 5.88 Å². The van der Waals surface area contributed by atoms with Crippen LogP contribution in [-0.2, 0) is 11.3 Å². The molecule has 7 heteroatoms. The van der Waals surface area contributed by atoms with Gasteiger partial charge in [0, 0.05) is 38.6 Å². The van der Waals surface area contributed by atoms with Gasteiger partial charge in [-0.25, -0.2) is 9.97 Å². The number of rotatable bonds is 8. The minimum atomic E-state index is 0.546. The van der Waals surface area contributed by atoms with Gasteiger partial charge in [0.05, 0.1) is 6.61 Å². The van der Waals surface area contributed by atoms with Crippen LogP contribution in [0.4, 0.5) is 11.6 Å². The first-order valence-corrected chi connectivity index (χ1v) is 6.56. The Morgan fingerprint density at radius 1 is 1.30 bits per heavy atom. The van der Waals surface area contributed by atoms with E-state index in [0.29, 0.717) is 18.3 Å². The number of nitrogens with one attached hydrogen (secondary N) is 1. The fourth-order valence-electron chi connectivity index (χ4n) is 1.69. The number of nitrogens with zero attached hydrogens (tertiary/aromatic N) is 4. The Morgan fingerprint density at radius 3 is 3.00 bits per heavy atom. The molecule has 0 amide bonds. The number of anilines is 2. The van der Waals surface area contributed by atoms with Gasteiger partial charge in [0.1, 0.15) is 12.1 Å².